The number of nitrogens with zero attached hydrogens (tertiary/aromatic N) is 2. The van der Waals surface area contributed by atoms with E-state index in [0.717, 1.165) is 0 Å². The van der Waals surface area contributed by atoms with Gasteiger partial charge in [0.25, 0.3) is 5.91 Å². The number of hydrogen-bond donors (Lipinski definition) is 5. The number of anilines is 2. The largest absolute Gasteiger partial charge is 0.412 e. The zero-order valence-corrected chi connectivity index (χ0v) is 16.5. The summed E-state index contributed by atoms with van der Waals surface area (Å²) in [6, 6.07) is 0. The molecule has 1 heterocycles. The highest BCUT2D eigenvalue weighted by Crippen LogP contribution is 2.25. The number of carbonyl (C=O) groups excluding carboxylic acids is 3. The standard InChI is InChI=1S/C13H20ClN7O5S/c1-12(2,3)21-11(24)26-13(27-4,25-10(17)23)20-9(22)5-7(15)19-8(16)6(14)18-5/h1-4H3,(H2,17,23)(H,20,22)(H,21,24)(H4,15,16,19). The van der Waals surface area contributed by atoms with Gasteiger partial charge < -0.3 is 32.0 Å². The first-order chi connectivity index (χ1) is 12.3. The molecule has 1 aromatic heterocycles. The van der Waals surface area contributed by atoms with Gasteiger partial charge in [0, 0.05) is 5.54 Å². The summed E-state index contributed by atoms with van der Waals surface area (Å²) in [5.41, 5.74) is 15.0. The highest BCUT2D eigenvalue weighted by molar-refractivity contribution is 7.99. The summed E-state index contributed by atoms with van der Waals surface area (Å²) in [5.74, 6) is -1.54. The molecule has 0 saturated heterocycles. The van der Waals surface area contributed by atoms with Crippen LogP contribution in [-0.2, 0) is 9.47 Å². The van der Waals surface area contributed by atoms with E-state index in [1.807, 2.05) is 0 Å². The fourth-order valence-electron chi connectivity index (χ4n) is 1.60. The van der Waals surface area contributed by atoms with Gasteiger partial charge >= 0.3 is 17.4 Å². The molecule has 0 aliphatic rings. The topological polar surface area (TPSA) is 198 Å². The van der Waals surface area contributed by atoms with E-state index >= 15 is 0 Å². The lowest BCUT2D eigenvalue weighted by molar-refractivity contribution is -0.103. The predicted octanol–water partition coefficient (Wildman–Crippen LogP) is 0.618. The number of rotatable bonds is 5. The fourth-order valence-corrected chi connectivity index (χ4v) is 2.25. The number of thioether (sulfide) groups is 1. The third-order valence-electron chi connectivity index (χ3n) is 2.59. The second-order valence-electron chi connectivity index (χ2n) is 6.03. The molecule has 0 aromatic carbocycles. The van der Waals surface area contributed by atoms with E-state index in [9.17, 15) is 14.4 Å². The van der Waals surface area contributed by atoms with Crippen molar-refractivity contribution in [3.05, 3.63) is 10.8 Å². The van der Waals surface area contributed by atoms with Crippen molar-refractivity contribution in [1.29, 1.82) is 0 Å². The van der Waals surface area contributed by atoms with Crippen molar-refractivity contribution in [1.82, 2.24) is 20.6 Å². The lowest BCUT2D eigenvalue weighted by Gasteiger charge is -2.31. The molecule has 1 aromatic rings. The summed E-state index contributed by atoms with van der Waals surface area (Å²) in [7, 11) is 0. The van der Waals surface area contributed by atoms with Gasteiger partial charge in [0.15, 0.2) is 22.5 Å². The van der Waals surface area contributed by atoms with Crippen molar-refractivity contribution in [2.24, 2.45) is 5.73 Å². The second-order valence-corrected chi connectivity index (χ2v) is 7.34. The van der Waals surface area contributed by atoms with Crippen LogP contribution in [0.25, 0.3) is 0 Å². The predicted molar refractivity (Wildman–Crippen MR) is 99.6 cm³/mol. The van der Waals surface area contributed by atoms with E-state index < -0.39 is 34.6 Å². The summed E-state index contributed by atoms with van der Waals surface area (Å²) in [5, 5.41) is 2.07. The third kappa shape index (κ3) is 6.53. The Balaban J connectivity index is 3.17. The molecule has 1 atom stereocenters. The summed E-state index contributed by atoms with van der Waals surface area (Å²) in [4.78, 5) is 43.2. The molecule has 0 saturated carbocycles. The number of ether oxygens (including phenoxy) is 2. The molecule has 0 aliphatic carbocycles. The van der Waals surface area contributed by atoms with Crippen molar-refractivity contribution in [2.75, 3.05) is 17.7 Å². The summed E-state index contributed by atoms with van der Waals surface area (Å²) >= 11 is 6.39. The average Bonchev–Trinajstić information content (AvgIpc) is 2.47. The molecule has 8 N–H and O–H groups in total. The fraction of sp³-hybridized carbons (Fsp3) is 0.462. The molecule has 1 unspecified atom stereocenters. The van der Waals surface area contributed by atoms with Crippen LogP contribution < -0.4 is 27.8 Å². The van der Waals surface area contributed by atoms with Gasteiger partial charge in [-0.05, 0) is 38.8 Å². The van der Waals surface area contributed by atoms with Crippen LogP contribution in [0.15, 0.2) is 0 Å². The van der Waals surface area contributed by atoms with Crippen LogP contribution in [0.3, 0.4) is 0 Å². The molecule has 14 heteroatoms. The van der Waals surface area contributed by atoms with Crippen LogP contribution in [0.4, 0.5) is 21.2 Å². The summed E-state index contributed by atoms with van der Waals surface area (Å²) in [6.07, 6.45) is -0.922. The normalized spacial score (nSPS) is 13.2. The molecule has 0 fully saturated rings. The first kappa shape index (κ1) is 22.4. The van der Waals surface area contributed by atoms with E-state index in [1.165, 1.54) is 6.26 Å². The van der Waals surface area contributed by atoms with Gasteiger partial charge in [-0.1, -0.05) is 11.6 Å². The molecule has 12 nitrogen and oxygen atoms in total. The molecule has 0 bridgehead atoms. The van der Waals surface area contributed by atoms with Gasteiger partial charge in [0.1, 0.15) is 0 Å². The highest BCUT2D eigenvalue weighted by Gasteiger charge is 2.42. The van der Waals surface area contributed by atoms with E-state index in [2.05, 4.69) is 20.6 Å². The molecule has 150 valence electrons. The smallest absolute Gasteiger partial charge is 0.382 e. The van der Waals surface area contributed by atoms with Crippen molar-refractivity contribution in [3.8, 4) is 0 Å². The van der Waals surface area contributed by atoms with E-state index in [-0.39, 0.29) is 16.8 Å². The Morgan fingerprint density at radius 3 is 2.15 bits per heavy atom. The maximum absolute atomic E-state index is 12.5. The van der Waals surface area contributed by atoms with E-state index in [4.69, 9.17) is 38.3 Å². The number of carbonyl (C=O) groups is 3. The SMILES string of the molecule is CSC(NC(=O)c1nc(Cl)c(N)nc1N)(OC(N)=O)OC(=O)NC(C)(C)C. The minimum absolute atomic E-state index is 0.184. The third-order valence-corrected chi connectivity index (χ3v) is 3.68. The van der Waals surface area contributed by atoms with Gasteiger partial charge in [0.05, 0.1) is 0 Å². The molecule has 3 amide bonds. The number of amides is 3. The molecular formula is C13H20ClN7O5S. The zero-order valence-electron chi connectivity index (χ0n) is 15.0. The Bertz CT molecular complexity index is 757. The number of aromatic nitrogens is 2. The maximum atomic E-state index is 12.5. The minimum atomic E-state index is -2.31. The Morgan fingerprint density at radius 1 is 1.07 bits per heavy atom. The lowest BCUT2D eigenvalue weighted by atomic mass is 10.1. The van der Waals surface area contributed by atoms with Gasteiger partial charge in [-0.2, -0.15) is 0 Å². The Morgan fingerprint density at radius 2 is 1.67 bits per heavy atom. The summed E-state index contributed by atoms with van der Waals surface area (Å²) < 4.78 is 9.87. The number of nitrogens with one attached hydrogen (secondary N) is 2. The zero-order chi connectivity index (χ0) is 21.0. The number of halogens is 1. The van der Waals surface area contributed by atoms with Crippen molar-refractivity contribution in [3.63, 3.8) is 0 Å². The quantitative estimate of drug-likeness (QED) is 0.420. The van der Waals surface area contributed by atoms with Gasteiger partial charge in [-0.3, -0.25) is 10.1 Å². The van der Waals surface area contributed by atoms with Crippen LogP contribution in [0.1, 0.15) is 31.3 Å². The van der Waals surface area contributed by atoms with Crippen molar-refractivity contribution < 1.29 is 23.9 Å². The van der Waals surface area contributed by atoms with E-state index in [0.29, 0.717) is 11.8 Å². The van der Waals surface area contributed by atoms with E-state index in [1.54, 1.807) is 20.8 Å². The van der Waals surface area contributed by atoms with Crippen LogP contribution in [0.5, 0.6) is 0 Å². The van der Waals surface area contributed by atoms with Gasteiger partial charge in [-0.15, -0.1) is 0 Å². The number of primary amides is 1. The average molecular weight is 422 g/mol. The number of nitrogen functional groups attached to an aromatic ring is 2. The maximum Gasteiger partial charge on any atom is 0.412 e. The molecule has 1 rings (SSSR count). The first-order valence-corrected chi connectivity index (χ1v) is 8.84. The molecular weight excluding hydrogens is 402 g/mol. The van der Waals surface area contributed by atoms with Crippen LogP contribution in [0.2, 0.25) is 5.15 Å². The Labute approximate surface area is 163 Å². The molecule has 0 radical (unpaired) electrons. The number of alkyl carbamates (subject to hydrolysis) is 1. The van der Waals surface area contributed by atoms with Crippen LogP contribution in [0, 0.1) is 0 Å². The van der Waals surface area contributed by atoms with Crippen LogP contribution >= 0.6 is 23.4 Å². The Kier molecular flexibility index (Phi) is 6.92. The number of nitrogens with two attached hydrogens (primary N) is 3. The Hall–Kier alpha value is -2.67. The first-order valence-electron chi connectivity index (χ1n) is 7.24. The van der Waals surface area contributed by atoms with Crippen LogP contribution in [-0.4, -0.2) is 45.1 Å². The molecule has 0 aliphatic heterocycles. The van der Waals surface area contributed by atoms with Crippen molar-refractivity contribution >= 4 is 53.1 Å². The summed E-state index contributed by atoms with van der Waals surface area (Å²) in [6.45, 7) is 5.07. The minimum Gasteiger partial charge on any atom is -0.382 e. The monoisotopic (exact) mass is 421 g/mol. The number of hydrogen-bond acceptors (Lipinski definition) is 10. The highest BCUT2D eigenvalue weighted by atomic mass is 35.5. The second kappa shape index (κ2) is 8.35. The molecule has 27 heavy (non-hydrogen) atoms. The molecule has 0 spiro atoms. The van der Waals surface area contributed by atoms with Gasteiger partial charge in [-0.25, -0.2) is 19.6 Å². The van der Waals surface area contributed by atoms with Gasteiger partial charge in [0.2, 0.25) is 0 Å². The lowest BCUT2D eigenvalue weighted by Crippen LogP contribution is -2.55. The van der Waals surface area contributed by atoms with Crippen molar-refractivity contribution in [2.45, 2.75) is 31.6 Å².